The average Bonchev–Trinajstić information content (AvgIpc) is 3.20. The Morgan fingerprint density at radius 2 is 1.87 bits per heavy atom. The standard InChI is InChI=1S/C23H24N2O5S/c1-3-15-9-6-10-18-19(12-24-22(15)18)21(26)14-30-23(27)20-11-16-7-4-5-8-17(16)13-25(20)31(2,28)29/h4-10,12,20,24H,3,11,13-14H2,1-2H3/t20-/m1/s1. The molecule has 162 valence electrons. The molecule has 0 amide bonds. The van der Waals surface area contributed by atoms with Crippen molar-refractivity contribution in [2.24, 2.45) is 0 Å². The smallest absolute Gasteiger partial charge is 0.325 e. The van der Waals surface area contributed by atoms with Crippen LogP contribution in [0, 0.1) is 0 Å². The molecule has 0 saturated heterocycles. The van der Waals surface area contributed by atoms with E-state index in [1.54, 1.807) is 6.20 Å². The average molecular weight is 441 g/mol. The molecule has 2 heterocycles. The molecular formula is C23H24N2O5S. The number of nitrogens with zero attached hydrogens (tertiary/aromatic N) is 1. The second kappa shape index (κ2) is 8.28. The number of aromatic nitrogens is 1. The Bertz CT molecular complexity index is 1260. The molecule has 1 N–H and O–H groups in total. The van der Waals surface area contributed by atoms with Crippen LogP contribution >= 0.6 is 0 Å². The lowest BCUT2D eigenvalue weighted by molar-refractivity contribution is -0.147. The van der Waals surface area contributed by atoms with Gasteiger partial charge in [-0.25, -0.2) is 8.42 Å². The minimum absolute atomic E-state index is 0.102. The van der Waals surface area contributed by atoms with E-state index < -0.39 is 28.6 Å². The summed E-state index contributed by atoms with van der Waals surface area (Å²) in [4.78, 5) is 28.7. The van der Waals surface area contributed by atoms with E-state index in [0.29, 0.717) is 5.56 Å². The molecule has 31 heavy (non-hydrogen) atoms. The quantitative estimate of drug-likeness (QED) is 0.470. The van der Waals surface area contributed by atoms with Crippen molar-refractivity contribution in [1.82, 2.24) is 9.29 Å². The van der Waals surface area contributed by atoms with Crippen LogP contribution in [0.2, 0.25) is 0 Å². The Kier molecular flexibility index (Phi) is 5.68. The van der Waals surface area contributed by atoms with Gasteiger partial charge in [0.25, 0.3) is 0 Å². The van der Waals surface area contributed by atoms with Crippen molar-refractivity contribution in [3.63, 3.8) is 0 Å². The van der Waals surface area contributed by atoms with Crippen molar-refractivity contribution in [2.45, 2.75) is 32.4 Å². The molecule has 1 aliphatic rings. The van der Waals surface area contributed by atoms with E-state index in [2.05, 4.69) is 4.98 Å². The van der Waals surface area contributed by atoms with E-state index in [1.807, 2.05) is 49.4 Å². The van der Waals surface area contributed by atoms with E-state index in [9.17, 15) is 18.0 Å². The predicted molar refractivity (Wildman–Crippen MR) is 117 cm³/mol. The van der Waals surface area contributed by atoms with Crippen LogP contribution in [0.5, 0.6) is 0 Å². The van der Waals surface area contributed by atoms with Gasteiger partial charge >= 0.3 is 5.97 Å². The lowest BCUT2D eigenvalue weighted by Crippen LogP contribution is -2.49. The van der Waals surface area contributed by atoms with Crippen molar-refractivity contribution >= 4 is 32.7 Å². The number of para-hydroxylation sites is 1. The number of hydrogen-bond acceptors (Lipinski definition) is 5. The number of benzene rings is 2. The third-order valence-corrected chi connectivity index (χ3v) is 6.97. The fourth-order valence-corrected chi connectivity index (χ4v) is 5.10. The van der Waals surface area contributed by atoms with Crippen LogP contribution in [0.3, 0.4) is 0 Å². The van der Waals surface area contributed by atoms with Gasteiger partial charge in [-0.1, -0.05) is 49.4 Å². The Balaban J connectivity index is 1.52. The van der Waals surface area contributed by atoms with Crippen molar-refractivity contribution in [1.29, 1.82) is 0 Å². The SMILES string of the molecule is CCc1cccc2c(C(=O)COC(=O)[C@H]3Cc4ccccc4CN3S(C)(=O)=O)c[nH]c12. The molecule has 3 aromatic rings. The van der Waals surface area contributed by atoms with Gasteiger partial charge in [-0.3, -0.25) is 9.59 Å². The molecule has 0 radical (unpaired) electrons. The Labute approximate surface area is 181 Å². The summed E-state index contributed by atoms with van der Waals surface area (Å²) in [5.41, 5.74) is 4.20. The molecule has 0 spiro atoms. The van der Waals surface area contributed by atoms with E-state index in [1.165, 1.54) is 0 Å². The molecule has 0 saturated carbocycles. The number of ether oxygens (including phenoxy) is 1. The predicted octanol–water partition coefficient (Wildman–Crippen LogP) is 2.84. The van der Waals surface area contributed by atoms with Gasteiger partial charge in [0, 0.05) is 35.6 Å². The molecule has 0 unspecified atom stereocenters. The Morgan fingerprint density at radius 3 is 2.58 bits per heavy atom. The maximum Gasteiger partial charge on any atom is 0.325 e. The molecule has 1 atom stereocenters. The number of nitrogens with one attached hydrogen (secondary N) is 1. The van der Waals surface area contributed by atoms with Crippen LogP contribution in [0.4, 0.5) is 0 Å². The molecule has 0 aliphatic carbocycles. The summed E-state index contributed by atoms with van der Waals surface area (Å²) in [5, 5.41) is 0.782. The van der Waals surface area contributed by atoms with Crippen molar-refractivity contribution < 1.29 is 22.7 Å². The molecule has 2 aromatic carbocycles. The van der Waals surface area contributed by atoms with Gasteiger partial charge < -0.3 is 9.72 Å². The van der Waals surface area contributed by atoms with Crippen LogP contribution in [0.15, 0.2) is 48.7 Å². The van der Waals surface area contributed by atoms with Crippen LogP contribution in [0.1, 0.15) is 34.0 Å². The first kappa shape index (κ1) is 21.3. The number of ketones is 1. The molecular weight excluding hydrogens is 416 g/mol. The number of fused-ring (bicyclic) bond motifs is 2. The minimum Gasteiger partial charge on any atom is -0.456 e. The second-order valence-electron chi connectivity index (χ2n) is 7.72. The minimum atomic E-state index is -3.64. The number of sulfonamides is 1. The number of aryl methyl sites for hydroxylation is 1. The first-order chi connectivity index (χ1) is 14.8. The lowest BCUT2D eigenvalue weighted by atomic mass is 9.96. The Morgan fingerprint density at radius 1 is 1.13 bits per heavy atom. The number of Topliss-reactive ketones (excluding diaryl/α,β-unsaturated/α-hetero) is 1. The highest BCUT2D eigenvalue weighted by atomic mass is 32.2. The number of aromatic amines is 1. The van der Waals surface area contributed by atoms with Crippen molar-refractivity contribution in [2.75, 3.05) is 12.9 Å². The Hall–Kier alpha value is -2.97. The zero-order valence-electron chi connectivity index (χ0n) is 17.4. The van der Waals surface area contributed by atoms with Gasteiger partial charge in [-0.2, -0.15) is 4.31 Å². The zero-order chi connectivity index (χ0) is 22.2. The van der Waals surface area contributed by atoms with E-state index in [-0.39, 0.29) is 18.7 Å². The maximum absolute atomic E-state index is 12.8. The van der Waals surface area contributed by atoms with Gasteiger partial charge in [0.2, 0.25) is 15.8 Å². The van der Waals surface area contributed by atoms with Gasteiger partial charge in [-0.15, -0.1) is 0 Å². The number of H-pyrrole nitrogens is 1. The topological polar surface area (TPSA) is 96.5 Å². The normalized spacial score (nSPS) is 16.8. The summed E-state index contributed by atoms with van der Waals surface area (Å²) in [6, 6.07) is 12.1. The summed E-state index contributed by atoms with van der Waals surface area (Å²) in [7, 11) is -3.64. The van der Waals surface area contributed by atoms with Crippen LogP contribution in [-0.2, 0) is 38.9 Å². The third kappa shape index (κ3) is 4.13. The number of esters is 1. The highest BCUT2D eigenvalue weighted by Gasteiger charge is 2.38. The van der Waals surface area contributed by atoms with Crippen molar-refractivity contribution in [3.05, 3.63) is 70.9 Å². The monoisotopic (exact) mass is 440 g/mol. The third-order valence-electron chi connectivity index (χ3n) is 5.73. The maximum atomic E-state index is 12.8. The van der Waals surface area contributed by atoms with E-state index in [4.69, 9.17) is 4.74 Å². The zero-order valence-corrected chi connectivity index (χ0v) is 18.2. The van der Waals surface area contributed by atoms with E-state index >= 15 is 0 Å². The summed E-state index contributed by atoms with van der Waals surface area (Å²) in [6.45, 7) is 1.69. The summed E-state index contributed by atoms with van der Waals surface area (Å²) >= 11 is 0. The molecule has 1 aliphatic heterocycles. The first-order valence-electron chi connectivity index (χ1n) is 10.1. The highest BCUT2D eigenvalue weighted by Crippen LogP contribution is 2.27. The van der Waals surface area contributed by atoms with Crippen LogP contribution in [-0.4, -0.2) is 48.4 Å². The van der Waals surface area contributed by atoms with E-state index in [0.717, 1.165) is 44.6 Å². The fourth-order valence-electron chi connectivity index (χ4n) is 4.10. The van der Waals surface area contributed by atoms with Crippen LogP contribution < -0.4 is 0 Å². The fraction of sp³-hybridized carbons (Fsp3) is 0.304. The van der Waals surface area contributed by atoms with Gasteiger partial charge in [0.1, 0.15) is 6.04 Å². The molecule has 0 bridgehead atoms. The number of rotatable bonds is 6. The lowest BCUT2D eigenvalue weighted by Gasteiger charge is -2.33. The highest BCUT2D eigenvalue weighted by molar-refractivity contribution is 7.88. The van der Waals surface area contributed by atoms with Crippen LogP contribution in [0.25, 0.3) is 10.9 Å². The summed E-state index contributed by atoms with van der Waals surface area (Å²) < 4.78 is 31.0. The molecule has 0 fully saturated rings. The van der Waals surface area contributed by atoms with Gasteiger partial charge in [0.15, 0.2) is 6.61 Å². The van der Waals surface area contributed by atoms with Gasteiger partial charge in [-0.05, 0) is 23.1 Å². The second-order valence-corrected chi connectivity index (χ2v) is 9.66. The molecule has 7 nitrogen and oxygen atoms in total. The molecule has 4 rings (SSSR count). The summed E-state index contributed by atoms with van der Waals surface area (Å²) in [6.07, 6.45) is 3.73. The molecule has 8 heteroatoms. The molecule has 1 aromatic heterocycles. The number of carbonyl (C=O) groups excluding carboxylic acids is 2. The summed E-state index contributed by atoms with van der Waals surface area (Å²) in [5.74, 6) is -1.06. The number of hydrogen-bond donors (Lipinski definition) is 1. The van der Waals surface area contributed by atoms with Crippen molar-refractivity contribution in [3.8, 4) is 0 Å². The number of carbonyl (C=O) groups is 2. The largest absolute Gasteiger partial charge is 0.456 e. The van der Waals surface area contributed by atoms with Gasteiger partial charge in [0.05, 0.1) is 6.26 Å². The first-order valence-corrected chi connectivity index (χ1v) is 12.0.